The van der Waals surface area contributed by atoms with Crippen LogP contribution in [0.3, 0.4) is 0 Å². The molecule has 29 heavy (non-hydrogen) atoms. The van der Waals surface area contributed by atoms with E-state index in [1.54, 1.807) is 0 Å². The number of aromatic amines is 1. The predicted octanol–water partition coefficient (Wildman–Crippen LogP) is -1.05. The number of aliphatic hydroxyl groups excluding tert-OH is 1. The second kappa shape index (κ2) is 8.66. The first kappa shape index (κ1) is 24.3. The van der Waals surface area contributed by atoms with Crippen LogP contribution in [0.4, 0.5) is 0 Å². The summed E-state index contributed by atoms with van der Waals surface area (Å²) in [5, 5.41) is 10.0. The monoisotopic (exact) mass is 480 g/mol. The molecule has 2 heterocycles. The maximum atomic E-state index is 11.9. The lowest BCUT2D eigenvalue weighted by molar-refractivity contribution is -0.0448. The van der Waals surface area contributed by atoms with E-state index >= 15 is 0 Å². The van der Waals surface area contributed by atoms with Crippen molar-refractivity contribution in [1.82, 2.24) is 9.55 Å². The van der Waals surface area contributed by atoms with E-state index in [0.29, 0.717) is 0 Å². The lowest BCUT2D eigenvalue weighted by Gasteiger charge is -2.20. The first-order valence-electron chi connectivity index (χ1n) is 7.79. The Morgan fingerprint density at radius 2 is 1.86 bits per heavy atom. The van der Waals surface area contributed by atoms with Crippen molar-refractivity contribution in [2.45, 2.75) is 31.8 Å². The van der Waals surface area contributed by atoms with E-state index in [4.69, 9.17) is 14.5 Å². The Morgan fingerprint density at radius 3 is 2.45 bits per heavy atom. The molecule has 2 unspecified atom stereocenters. The highest BCUT2D eigenvalue weighted by molar-refractivity contribution is 7.73. The fourth-order valence-electron chi connectivity index (χ4n) is 2.45. The number of rotatable bonds is 8. The summed E-state index contributed by atoms with van der Waals surface area (Å²) in [6, 6.07) is 0. The molecule has 1 aliphatic heterocycles. The molecule has 0 spiro atoms. The predicted molar refractivity (Wildman–Crippen MR) is 94.2 cm³/mol. The second-order valence-corrected chi connectivity index (χ2v) is 11.8. The molecule has 18 heteroatoms. The van der Waals surface area contributed by atoms with Crippen LogP contribution in [0.15, 0.2) is 15.8 Å². The molecule has 2 rings (SSSR count). The van der Waals surface area contributed by atoms with Crippen LogP contribution in [0.25, 0.3) is 0 Å². The molecule has 0 aliphatic carbocycles. The van der Waals surface area contributed by atoms with E-state index in [1.165, 1.54) is 13.1 Å². The van der Waals surface area contributed by atoms with Gasteiger partial charge >= 0.3 is 28.7 Å². The summed E-state index contributed by atoms with van der Waals surface area (Å²) in [4.78, 5) is 61.4. The molecule has 0 aromatic carbocycles. The molecule has 0 bridgehead atoms. The Hall–Kier alpha value is -0.950. The lowest BCUT2D eigenvalue weighted by atomic mass is 10.2. The van der Waals surface area contributed by atoms with Crippen molar-refractivity contribution in [2.24, 2.45) is 0 Å². The molecular formula is C11H19N2O13P3. The number of hydrogen-bond acceptors (Lipinski definition) is 9. The van der Waals surface area contributed by atoms with Gasteiger partial charge in [0.05, 0.1) is 12.7 Å². The first-order chi connectivity index (χ1) is 13.1. The topological polar surface area (TPSA) is 235 Å². The summed E-state index contributed by atoms with van der Waals surface area (Å²) in [5.74, 6) is -1.70. The van der Waals surface area contributed by atoms with Gasteiger partial charge in [-0.05, 0) is 6.92 Å². The van der Waals surface area contributed by atoms with Crippen LogP contribution in [0, 0.1) is 6.92 Å². The number of phosphoric ester groups is 1. The van der Waals surface area contributed by atoms with Gasteiger partial charge in [0.15, 0.2) is 5.90 Å². The van der Waals surface area contributed by atoms with Gasteiger partial charge in [-0.15, -0.1) is 0 Å². The summed E-state index contributed by atoms with van der Waals surface area (Å²) < 4.78 is 48.8. The van der Waals surface area contributed by atoms with Crippen molar-refractivity contribution in [2.75, 3.05) is 12.5 Å². The third-order valence-corrected chi connectivity index (χ3v) is 8.88. The second-order valence-electron chi connectivity index (χ2n) is 6.20. The summed E-state index contributed by atoms with van der Waals surface area (Å²) >= 11 is 0. The van der Waals surface area contributed by atoms with E-state index in [-0.39, 0.29) is 12.0 Å². The van der Waals surface area contributed by atoms with E-state index < -0.39 is 65.2 Å². The SMILES string of the molecule is Cc1cn([C@H]2C[C@H](O)[C@@H](COP(=O)(O)OP(=O)(O)CP(=O)(O)O)O2)c(=O)[nH]c1=O. The van der Waals surface area contributed by atoms with E-state index in [9.17, 15) is 38.2 Å². The number of H-pyrrole nitrogens is 1. The number of aliphatic hydroxyl groups is 1. The Bertz CT molecular complexity index is 1010. The van der Waals surface area contributed by atoms with Gasteiger partial charge < -0.3 is 29.4 Å². The molecule has 1 fully saturated rings. The zero-order valence-electron chi connectivity index (χ0n) is 14.7. The van der Waals surface area contributed by atoms with Crippen LogP contribution in [0.2, 0.25) is 0 Å². The number of nitrogens with zero attached hydrogens (tertiary/aromatic N) is 1. The smallest absolute Gasteiger partial charge is 0.390 e. The molecule has 5 atom stereocenters. The number of nitrogens with one attached hydrogen (secondary N) is 1. The summed E-state index contributed by atoms with van der Waals surface area (Å²) in [6.45, 7) is 0.614. The highest BCUT2D eigenvalue weighted by atomic mass is 31.3. The number of phosphoric acid groups is 1. The summed E-state index contributed by atoms with van der Waals surface area (Å²) in [6.07, 6.45) is -2.53. The van der Waals surface area contributed by atoms with Crippen molar-refractivity contribution >= 4 is 23.0 Å². The Morgan fingerprint density at radius 1 is 1.24 bits per heavy atom. The van der Waals surface area contributed by atoms with Crippen LogP contribution in [-0.2, 0) is 27.3 Å². The van der Waals surface area contributed by atoms with Crippen LogP contribution in [0.5, 0.6) is 0 Å². The van der Waals surface area contributed by atoms with Crippen molar-refractivity contribution < 1.29 is 51.9 Å². The average Bonchev–Trinajstić information content (AvgIpc) is 2.86. The summed E-state index contributed by atoms with van der Waals surface area (Å²) in [5.41, 5.74) is -1.22. The molecule has 166 valence electrons. The van der Waals surface area contributed by atoms with Crippen molar-refractivity contribution in [3.63, 3.8) is 0 Å². The standard InChI is InChI=1S/C11H19N2O13P3/c1-6-3-13(11(16)12-10(6)15)9-2-7(14)8(25-9)4-24-29(22,23)26-28(20,21)5-27(17,18)19/h3,7-9,14H,2,4-5H2,1H3,(H,20,21)(H,22,23)(H,12,15,16)(H2,17,18,19)/t7-,8+,9+/m0/s1. The highest BCUT2D eigenvalue weighted by Crippen LogP contribution is 2.65. The molecule has 15 nitrogen and oxygen atoms in total. The van der Waals surface area contributed by atoms with Gasteiger partial charge in [-0.2, -0.15) is 0 Å². The van der Waals surface area contributed by atoms with Gasteiger partial charge in [-0.25, -0.2) is 13.7 Å². The van der Waals surface area contributed by atoms with E-state index in [1.807, 2.05) is 4.98 Å². The summed E-state index contributed by atoms with van der Waals surface area (Å²) in [7, 11) is -15.5. The Kier molecular flexibility index (Phi) is 7.26. The highest BCUT2D eigenvalue weighted by Gasteiger charge is 2.41. The number of hydrogen-bond donors (Lipinski definition) is 6. The third kappa shape index (κ3) is 7.06. The van der Waals surface area contributed by atoms with Gasteiger partial charge in [0.1, 0.15) is 12.3 Å². The Labute approximate surface area is 162 Å². The normalized spacial score (nSPS) is 26.8. The van der Waals surface area contributed by atoms with Crippen LogP contribution in [-0.4, -0.2) is 58.9 Å². The number of ether oxygens (including phenoxy) is 1. The molecule has 1 saturated heterocycles. The minimum atomic E-state index is -5.26. The van der Waals surface area contributed by atoms with E-state index in [0.717, 1.165) is 4.57 Å². The van der Waals surface area contributed by atoms with Gasteiger partial charge in [0, 0.05) is 18.2 Å². The quantitative estimate of drug-likeness (QED) is 0.244. The lowest BCUT2D eigenvalue weighted by Crippen LogP contribution is -2.33. The molecule has 0 saturated carbocycles. The largest absolute Gasteiger partial charge is 0.479 e. The minimum Gasteiger partial charge on any atom is -0.390 e. The number of aryl methyl sites for hydroxylation is 1. The van der Waals surface area contributed by atoms with Gasteiger partial charge in [0.25, 0.3) is 5.56 Å². The van der Waals surface area contributed by atoms with Crippen molar-refractivity contribution in [3.05, 3.63) is 32.6 Å². The van der Waals surface area contributed by atoms with E-state index in [2.05, 4.69) is 8.83 Å². The molecule has 0 amide bonds. The van der Waals surface area contributed by atoms with Crippen LogP contribution >= 0.6 is 23.0 Å². The zero-order chi connectivity index (χ0) is 22.2. The molecular weight excluding hydrogens is 461 g/mol. The molecule has 1 aliphatic rings. The molecule has 1 aromatic rings. The van der Waals surface area contributed by atoms with Crippen LogP contribution < -0.4 is 11.2 Å². The number of aromatic nitrogens is 2. The van der Waals surface area contributed by atoms with Gasteiger partial charge in [0.2, 0.25) is 0 Å². The van der Waals surface area contributed by atoms with Crippen molar-refractivity contribution in [1.29, 1.82) is 0 Å². The zero-order valence-corrected chi connectivity index (χ0v) is 17.4. The van der Waals surface area contributed by atoms with Gasteiger partial charge in [-0.3, -0.25) is 28.0 Å². The van der Waals surface area contributed by atoms with Gasteiger partial charge in [-0.1, -0.05) is 0 Å². The van der Waals surface area contributed by atoms with Crippen LogP contribution in [0.1, 0.15) is 18.2 Å². The Balaban J connectivity index is 2.03. The minimum absolute atomic E-state index is 0.146. The van der Waals surface area contributed by atoms with Crippen molar-refractivity contribution in [3.8, 4) is 0 Å². The average molecular weight is 480 g/mol. The molecule has 0 radical (unpaired) electrons. The maximum Gasteiger partial charge on any atom is 0.479 e. The molecule has 1 aromatic heterocycles. The third-order valence-electron chi connectivity index (χ3n) is 3.66. The maximum absolute atomic E-state index is 11.9. The fraction of sp³-hybridized carbons (Fsp3) is 0.636. The first-order valence-corrected chi connectivity index (χ1v) is 12.8. The fourth-order valence-corrected chi connectivity index (χ4v) is 6.79. The molecule has 6 N–H and O–H groups in total.